The number of esters is 2. The van der Waals surface area contributed by atoms with Gasteiger partial charge in [0.2, 0.25) is 35.4 Å². The number of rotatable bonds is 61. The van der Waals surface area contributed by atoms with E-state index in [0.717, 1.165) is 58.7 Å². The van der Waals surface area contributed by atoms with Crippen molar-refractivity contribution in [3.63, 3.8) is 0 Å². The average Bonchev–Trinajstić information content (AvgIpc) is 1.73. The fourth-order valence-electron chi connectivity index (χ4n) is 14.3. The largest absolute Gasteiger partial charge is 0.508 e. The molecular weight excluding hydrogens is 1790 g/mol. The third-order valence-corrected chi connectivity index (χ3v) is 25.3. The van der Waals surface area contributed by atoms with Gasteiger partial charge < -0.3 is 103 Å². The number of hydrogen-bond donors (Lipinski definition) is 17. The van der Waals surface area contributed by atoms with Crippen LogP contribution in [0.5, 0.6) is 5.75 Å². The van der Waals surface area contributed by atoms with Crippen LogP contribution in [0.4, 0.5) is 9.59 Å². The number of nitrogens with zero attached hydrogens (tertiary/aromatic N) is 3. The third-order valence-electron chi connectivity index (χ3n) is 22.0. The van der Waals surface area contributed by atoms with Crippen molar-refractivity contribution < 1.29 is 131 Å². The van der Waals surface area contributed by atoms with Crippen molar-refractivity contribution in [2.75, 3.05) is 58.1 Å². The second-order valence-corrected chi connectivity index (χ2v) is 36.4. The van der Waals surface area contributed by atoms with Crippen molar-refractivity contribution >= 4 is 140 Å². The standard InChI is InChI=1S/C89H126N14O27S3/c1-9-19-77(114)129-50-103(84(119)78(52(5)10-2)92-46-61-24-17-18-35-102(61)8)69(51(3)4)45-72(130-54(7)104)83-97-67(48-131-83)82(118)94-60(40-57-25-27-62(105)28-26-57)38-53(6)79(115)100-101-89(127)128-36-37-132-133-49-68(87(124)125)96-81(117)59(44-76(112)113)42-70(106)63(90)47-93-80(116)58(39-55-20-13-11-14-21-55)43-71(107)66(41-56-22-15-12-16-23-56)95-74(109)33-34-91-73(108)31-29-64(85(120)121)98-88(126)99-65(86(122)123)30-32-75(110)111/h11-16,20-23,25-28,48,51-53,58-61,63-66,68-69,72,78,92,105H,9-10,17-19,24,29-47,49-50,90H2,1-8H3,(H,91,108)(H,93,116)(H,94,118)(H,95,109)(H,96,117)(H,100,115)(H,101,127)(H,110,111)(H,112,113)(H,120,121)(H,122,123)(H,124,125)(H2,98,99,126)/t52?,53-,58+,59-,60+,61+,63-,64-,65-,66-,68+,69+,72+,78-/m0/s1. The van der Waals surface area contributed by atoms with Crippen molar-refractivity contribution in [3.05, 3.63) is 118 Å². The molecule has 41 nitrogen and oxygen atoms in total. The number of likely N-dealkylation sites (N-methyl/N-ethyl adjacent to an activating group) is 1. The van der Waals surface area contributed by atoms with Crippen LogP contribution in [0.25, 0.3) is 0 Å². The maximum absolute atomic E-state index is 15.1. The minimum atomic E-state index is -1.70. The van der Waals surface area contributed by atoms with Crippen molar-refractivity contribution in [3.8, 4) is 5.75 Å². The van der Waals surface area contributed by atoms with Crippen LogP contribution in [0, 0.1) is 29.6 Å². The number of urea groups is 1. The number of hydrazine groups is 1. The maximum atomic E-state index is 15.1. The number of likely N-dealkylation sites (tertiary alicyclic amines) is 1. The molecule has 1 aliphatic heterocycles. The Labute approximate surface area is 782 Å². The van der Waals surface area contributed by atoms with Crippen LogP contribution in [0.3, 0.4) is 0 Å². The first kappa shape index (κ1) is 112. The number of thiazole rings is 1. The van der Waals surface area contributed by atoms with Crippen LogP contribution in [-0.4, -0.2) is 265 Å². The molecule has 4 aromatic rings. The summed E-state index contributed by atoms with van der Waals surface area (Å²) in [7, 11) is 4.00. The molecule has 0 saturated carbocycles. The first-order valence-corrected chi connectivity index (χ1v) is 47.3. The molecule has 14 atom stereocenters. The van der Waals surface area contributed by atoms with Gasteiger partial charge in [0.15, 0.2) is 24.4 Å². The molecule has 1 aromatic heterocycles. The highest BCUT2D eigenvalue weighted by molar-refractivity contribution is 8.76. The van der Waals surface area contributed by atoms with E-state index in [1.54, 1.807) is 84.6 Å². The van der Waals surface area contributed by atoms with Gasteiger partial charge in [-0.1, -0.05) is 149 Å². The number of Topliss-reactive ketones (excluding diaryl/α,β-unsaturated/α-hetero) is 2. The Morgan fingerprint density at radius 3 is 1.84 bits per heavy atom. The van der Waals surface area contributed by atoms with Crippen LogP contribution in [-0.2, 0) is 105 Å². The Morgan fingerprint density at radius 2 is 1.25 bits per heavy atom. The van der Waals surface area contributed by atoms with Crippen LogP contribution in [0.1, 0.15) is 189 Å². The first-order valence-electron chi connectivity index (χ1n) is 44.0. The van der Waals surface area contributed by atoms with Crippen LogP contribution in [0.2, 0.25) is 0 Å². The van der Waals surface area contributed by atoms with E-state index < -0.39 is 231 Å². The number of carboxylic acid groups (broad SMARTS) is 5. The molecule has 0 radical (unpaired) electrons. The number of aromatic hydroxyl groups is 1. The number of carboxylic acids is 5. The molecule has 5 rings (SSSR count). The fraction of sp³-hybridized carbons (Fsp3) is 0.562. The van der Waals surface area contributed by atoms with Gasteiger partial charge in [0, 0.05) is 118 Å². The molecular formula is C89H126N14O27S3. The van der Waals surface area contributed by atoms with Gasteiger partial charge in [-0.25, -0.2) is 34.4 Å². The van der Waals surface area contributed by atoms with Crippen molar-refractivity contribution in [2.24, 2.45) is 35.3 Å². The molecule has 18 N–H and O–H groups in total. The van der Waals surface area contributed by atoms with E-state index >= 15 is 4.79 Å². The summed E-state index contributed by atoms with van der Waals surface area (Å²) in [4.78, 5) is 244. The minimum Gasteiger partial charge on any atom is -0.508 e. The summed E-state index contributed by atoms with van der Waals surface area (Å²) in [6.45, 7) is 12.3. The van der Waals surface area contributed by atoms with Gasteiger partial charge in [-0.15, -0.1) is 11.3 Å². The molecule has 1 unspecified atom stereocenters. The van der Waals surface area contributed by atoms with Gasteiger partial charge in [-0.2, -0.15) is 0 Å². The number of carbonyl (C=O) groups is 18. The SMILES string of the molecule is CCCC(=O)OCN(C(=O)[C@@H](NC[C@H]1CCCCN1C)C(C)CC)[C@H](C[C@@H](OC(C)=O)c1nc(C(=O)N[C@@H](Cc2ccc(O)cc2)C[C@H](C)C(=O)NNC(=O)OCCSSC[C@@H](NC(=O)[C@H](CC(=O)O)CC(=O)[C@@H](N)CNC(=O)[C@@H](CC(=O)[C@H](Cc2ccccc2)NC(=O)CCNC(=O)CC[C@H](NC(=O)N[C@@H](CCC(=O)O)C(=O)O)C(=O)O)Cc2ccccc2)C(=O)O)cs1)C(C)C. The van der Waals surface area contributed by atoms with Crippen molar-refractivity contribution in [1.82, 2.24) is 68.2 Å². The van der Waals surface area contributed by atoms with Gasteiger partial charge >= 0.3 is 53.9 Å². The summed E-state index contributed by atoms with van der Waals surface area (Å²) in [6, 6.07) is 12.1. The number of carbonyl (C=O) groups excluding carboxylic acids is 13. The molecule has 1 aliphatic rings. The Kier molecular flexibility index (Phi) is 49.4. The summed E-state index contributed by atoms with van der Waals surface area (Å²) in [5.41, 5.74) is 12.5. The third kappa shape index (κ3) is 41.9. The number of piperidine rings is 1. The number of benzene rings is 3. The van der Waals surface area contributed by atoms with E-state index in [1.807, 2.05) is 45.3 Å². The van der Waals surface area contributed by atoms with Gasteiger partial charge in [-0.3, -0.25) is 67.8 Å². The monoisotopic (exact) mass is 1920 g/mol. The highest BCUT2D eigenvalue weighted by Gasteiger charge is 2.40. The number of amides is 10. The average molecular weight is 1920 g/mol. The van der Waals surface area contributed by atoms with Gasteiger partial charge in [-0.05, 0) is 112 Å². The Balaban J connectivity index is 1.13. The smallest absolute Gasteiger partial charge is 0.426 e. The van der Waals surface area contributed by atoms with E-state index in [-0.39, 0.29) is 110 Å². The van der Waals surface area contributed by atoms with E-state index in [2.05, 4.69) is 59.7 Å². The highest BCUT2D eigenvalue weighted by atomic mass is 33.1. The molecule has 10 amide bonds. The van der Waals surface area contributed by atoms with Crippen LogP contribution in [0.15, 0.2) is 90.3 Å². The molecule has 0 spiro atoms. The predicted molar refractivity (Wildman–Crippen MR) is 488 cm³/mol. The number of nitrogens with two attached hydrogens (primary N) is 1. The zero-order valence-electron chi connectivity index (χ0n) is 75.8. The lowest BCUT2D eigenvalue weighted by Gasteiger charge is -2.40. The Hall–Kier alpha value is -11.9. The maximum Gasteiger partial charge on any atom is 0.426 e. The zero-order chi connectivity index (χ0) is 98.4. The molecule has 0 aliphatic carbocycles. The lowest BCUT2D eigenvalue weighted by Crippen LogP contribution is -2.57. The summed E-state index contributed by atoms with van der Waals surface area (Å²) in [5.74, 6) is -19.8. The Bertz CT molecular complexity index is 4540. The highest BCUT2D eigenvalue weighted by Crippen LogP contribution is 2.33. The second-order valence-electron chi connectivity index (χ2n) is 32.9. The van der Waals surface area contributed by atoms with Crippen LogP contribution < -0.4 is 59.1 Å². The molecule has 1 saturated heterocycles. The summed E-state index contributed by atoms with van der Waals surface area (Å²) < 4.78 is 16.9. The summed E-state index contributed by atoms with van der Waals surface area (Å²) in [6.07, 6.45) is -2.51. The van der Waals surface area contributed by atoms with E-state index in [9.17, 15) is 107 Å². The summed E-state index contributed by atoms with van der Waals surface area (Å²) >= 11 is 1.05. The zero-order valence-corrected chi connectivity index (χ0v) is 78.3. The number of nitrogens with one attached hydrogen (secondary N) is 10. The molecule has 732 valence electrons. The minimum absolute atomic E-state index is 0.0116. The number of phenolic OH excluding ortho intramolecular Hbond substituents is 1. The van der Waals surface area contributed by atoms with E-state index in [1.165, 1.54) is 24.4 Å². The van der Waals surface area contributed by atoms with Gasteiger partial charge in [0.1, 0.15) is 41.2 Å². The molecule has 2 heterocycles. The number of phenols is 1. The number of aliphatic carboxylic acids is 5. The molecule has 3 aromatic carbocycles. The summed E-state index contributed by atoms with van der Waals surface area (Å²) in [5, 5.41) is 80.1. The first-order chi connectivity index (χ1) is 63.1. The second kappa shape index (κ2) is 58.9. The number of aromatic nitrogens is 1. The number of ether oxygens (including phenoxy) is 3. The topological polar surface area (TPSA) is 622 Å². The lowest BCUT2D eigenvalue weighted by molar-refractivity contribution is -0.160. The van der Waals surface area contributed by atoms with Gasteiger partial charge in [0.25, 0.3) is 5.91 Å². The van der Waals surface area contributed by atoms with Crippen molar-refractivity contribution in [2.45, 2.75) is 231 Å². The molecule has 44 heteroatoms. The molecule has 1 fully saturated rings. The fourth-order valence-corrected chi connectivity index (χ4v) is 17.1. The number of hydrogen-bond acceptors (Lipinski definition) is 29. The van der Waals surface area contributed by atoms with Gasteiger partial charge in [0.05, 0.1) is 30.5 Å². The van der Waals surface area contributed by atoms with E-state index in [0.29, 0.717) is 36.1 Å². The Morgan fingerprint density at radius 1 is 0.624 bits per heavy atom. The predicted octanol–water partition coefficient (Wildman–Crippen LogP) is 4.96. The van der Waals surface area contributed by atoms with E-state index in [4.69, 9.17) is 25.1 Å². The lowest BCUT2D eigenvalue weighted by atomic mass is 9.89. The van der Waals surface area contributed by atoms with Crippen molar-refractivity contribution in [1.29, 1.82) is 0 Å². The molecule has 0 bridgehead atoms. The molecule has 133 heavy (non-hydrogen) atoms. The number of ketones is 2. The quantitative estimate of drug-likeness (QED) is 0.00693. The van der Waals surface area contributed by atoms with Crippen LogP contribution >= 0.6 is 32.9 Å². The normalized spacial score (nSPS) is 15.5.